The van der Waals surface area contributed by atoms with E-state index in [-0.39, 0.29) is 12.2 Å². The molecule has 0 aliphatic heterocycles. The maximum absolute atomic E-state index is 5.81. The first-order valence-corrected chi connectivity index (χ1v) is 6.53. The van der Waals surface area contributed by atoms with Crippen molar-refractivity contribution in [1.82, 2.24) is 0 Å². The topological polar surface area (TPSA) is 18.5 Å². The molecule has 0 saturated heterocycles. The summed E-state index contributed by atoms with van der Waals surface area (Å²) in [6.07, 6.45) is 1.38. The summed E-state index contributed by atoms with van der Waals surface area (Å²) in [6, 6.07) is 7.72. The third-order valence-corrected chi connectivity index (χ3v) is 3.98. The van der Waals surface area contributed by atoms with E-state index in [9.17, 15) is 0 Å². The van der Waals surface area contributed by atoms with Crippen molar-refractivity contribution in [2.75, 3.05) is 7.11 Å². The Bertz CT molecular complexity index is 341. The Kier molecular flexibility index (Phi) is 4.25. The lowest BCUT2D eigenvalue weighted by atomic mass is 9.91. The smallest absolute Gasteiger partial charge is 0.0958 e. The van der Waals surface area contributed by atoms with Gasteiger partial charge in [0.2, 0.25) is 0 Å². The summed E-state index contributed by atoms with van der Waals surface area (Å²) < 4.78 is 11.1. The lowest BCUT2D eigenvalue weighted by Gasteiger charge is -2.40. The summed E-state index contributed by atoms with van der Waals surface area (Å²) in [7, 11) is 1.72. The predicted molar refractivity (Wildman–Crippen MR) is 68.2 cm³/mol. The van der Waals surface area contributed by atoms with Crippen LogP contribution in [0.2, 0.25) is 5.02 Å². The fourth-order valence-electron chi connectivity index (χ4n) is 1.77. The molecule has 4 heteroatoms. The van der Waals surface area contributed by atoms with Crippen molar-refractivity contribution in [2.24, 2.45) is 0 Å². The monoisotopic (exact) mass is 304 g/mol. The van der Waals surface area contributed by atoms with Crippen molar-refractivity contribution in [3.63, 3.8) is 0 Å². The number of alkyl halides is 1. The Morgan fingerprint density at radius 1 is 1.38 bits per heavy atom. The second-order valence-corrected chi connectivity index (χ2v) is 5.54. The van der Waals surface area contributed by atoms with E-state index >= 15 is 0 Å². The maximum atomic E-state index is 5.81. The van der Waals surface area contributed by atoms with E-state index in [1.165, 1.54) is 0 Å². The fourth-order valence-corrected chi connectivity index (χ4v) is 2.82. The average Bonchev–Trinajstić information content (AvgIpc) is 2.26. The van der Waals surface area contributed by atoms with Crippen LogP contribution < -0.4 is 0 Å². The van der Waals surface area contributed by atoms with Crippen LogP contribution in [0, 0.1) is 0 Å². The van der Waals surface area contributed by atoms with Gasteiger partial charge in [0, 0.05) is 17.0 Å². The highest BCUT2D eigenvalue weighted by molar-refractivity contribution is 9.09. The van der Waals surface area contributed by atoms with Gasteiger partial charge in [0.15, 0.2) is 0 Å². The molecule has 0 aromatic heterocycles. The van der Waals surface area contributed by atoms with Gasteiger partial charge in [-0.3, -0.25) is 0 Å². The molecule has 16 heavy (non-hydrogen) atoms. The molecular formula is C12H14BrClO2. The summed E-state index contributed by atoms with van der Waals surface area (Å²) in [6.45, 7) is 0.613. The van der Waals surface area contributed by atoms with Crippen LogP contribution >= 0.6 is 27.5 Å². The molecule has 0 spiro atoms. The van der Waals surface area contributed by atoms with Crippen molar-refractivity contribution in [3.05, 3.63) is 34.9 Å². The first-order valence-electron chi connectivity index (χ1n) is 5.23. The fraction of sp³-hybridized carbons (Fsp3) is 0.500. The lowest BCUT2D eigenvalue weighted by molar-refractivity contribution is -0.113. The van der Waals surface area contributed by atoms with Crippen LogP contribution in [0.25, 0.3) is 0 Å². The van der Waals surface area contributed by atoms with Crippen molar-refractivity contribution < 1.29 is 9.47 Å². The highest BCUT2D eigenvalue weighted by Gasteiger charge is 2.40. The molecule has 3 atom stereocenters. The number of methoxy groups -OCH3 is 1. The summed E-state index contributed by atoms with van der Waals surface area (Å²) in [5, 5.41) is 0.752. The van der Waals surface area contributed by atoms with Crippen LogP contribution in [0.3, 0.4) is 0 Å². The molecule has 1 fully saturated rings. The number of halogens is 2. The van der Waals surface area contributed by atoms with Crippen LogP contribution in [0.4, 0.5) is 0 Å². The summed E-state index contributed by atoms with van der Waals surface area (Å²) >= 11 is 9.35. The number of rotatable bonds is 4. The van der Waals surface area contributed by atoms with Crippen molar-refractivity contribution >= 4 is 27.5 Å². The molecule has 88 valence electrons. The van der Waals surface area contributed by atoms with E-state index in [4.69, 9.17) is 21.1 Å². The number of hydrogen-bond donors (Lipinski definition) is 0. The molecule has 1 aromatic rings. The highest BCUT2D eigenvalue weighted by Crippen LogP contribution is 2.33. The summed E-state index contributed by atoms with van der Waals surface area (Å²) in [5.41, 5.74) is 1.14. The molecule has 0 N–H and O–H groups in total. The maximum Gasteiger partial charge on any atom is 0.0958 e. The number of ether oxygens (including phenoxy) is 2. The van der Waals surface area contributed by atoms with Crippen molar-refractivity contribution in [3.8, 4) is 0 Å². The molecule has 1 aliphatic rings. The third-order valence-electron chi connectivity index (χ3n) is 2.83. The van der Waals surface area contributed by atoms with Gasteiger partial charge in [-0.1, -0.05) is 39.7 Å². The standard InChI is InChI=1S/C12H14BrClO2/c1-15-12-10(13)6-11(12)16-7-8-2-4-9(14)5-3-8/h2-5,10-12H,6-7H2,1H3. The van der Waals surface area contributed by atoms with Gasteiger partial charge >= 0.3 is 0 Å². The second-order valence-electron chi connectivity index (χ2n) is 3.93. The van der Waals surface area contributed by atoms with Gasteiger partial charge < -0.3 is 9.47 Å². The lowest BCUT2D eigenvalue weighted by Crippen LogP contribution is -2.50. The zero-order chi connectivity index (χ0) is 11.5. The Hall–Kier alpha value is -0.0900. The Morgan fingerprint density at radius 3 is 2.62 bits per heavy atom. The summed E-state index contributed by atoms with van der Waals surface area (Å²) in [4.78, 5) is 0.424. The van der Waals surface area contributed by atoms with Gasteiger partial charge in [-0.2, -0.15) is 0 Å². The summed E-state index contributed by atoms with van der Waals surface area (Å²) in [5.74, 6) is 0. The highest BCUT2D eigenvalue weighted by atomic mass is 79.9. The van der Waals surface area contributed by atoms with E-state index in [0.29, 0.717) is 11.4 Å². The zero-order valence-electron chi connectivity index (χ0n) is 9.03. The Morgan fingerprint density at radius 2 is 2.06 bits per heavy atom. The first kappa shape index (κ1) is 12.4. The predicted octanol–water partition coefficient (Wildman–Crippen LogP) is 3.41. The van der Waals surface area contributed by atoms with Gasteiger partial charge in [-0.15, -0.1) is 0 Å². The van der Waals surface area contributed by atoms with E-state index in [1.54, 1.807) is 7.11 Å². The molecule has 1 aromatic carbocycles. The van der Waals surface area contributed by atoms with E-state index in [2.05, 4.69) is 15.9 Å². The molecule has 3 unspecified atom stereocenters. The minimum atomic E-state index is 0.173. The van der Waals surface area contributed by atoms with Crippen molar-refractivity contribution in [2.45, 2.75) is 30.1 Å². The molecule has 0 radical (unpaired) electrons. The Balaban J connectivity index is 1.82. The van der Waals surface area contributed by atoms with Crippen LogP contribution in [0.5, 0.6) is 0 Å². The molecule has 2 rings (SSSR count). The Labute approximate surface area is 109 Å². The number of hydrogen-bond acceptors (Lipinski definition) is 2. The second kappa shape index (κ2) is 5.50. The molecule has 1 saturated carbocycles. The molecular weight excluding hydrogens is 291 g/mol. The van der Waals surface area contributed by atoms with Crippen LogP contribution in [-0.4, -0.2) is 24.1 Å². The molecule has 1 aliphatic carbocycles. The quantitative estimate of drug-likeness (QED) is 0.794. The van der Waals surface area contributed by atoms with Crippen LogP contribution in [0.15, 0.2) is 24.3 Å². The SMILES string of the molecule is COC1C(Br)CC1OCc1ccc(Cl)cc1. The third kappa shape index (κ3) is 2.77. The minimum absolute atomic E-state index is 0.173. The molecule has 2 nitrogen and oxygen atoms in total. The molecule has 0 heterocycles. The van der Waals surface area contributed by atoms with E-state index < -0.39 is 0 Å². The molecule has 0 bridgehead atoms. The minimum Gasteiger partial charge on any atom is -0.378 e. The van der Waals surface area contributed by atoms with Gasteiger partial charge in [-0.25, -0.2) is 0 Å². The van der Waals surface area contributed by atoms with Gasteiger partial charge in [0.25, 0.3) is 0 Å². The van der Waals surface area contributed by atoms with Crippen molar-refractivity contribution in [1.29, 1.82) is 0 Å². The van der Waals surface area contributed by atoms with Crippen LogP contribution in [-0.2, 0) is 16.1 Å². The first-order chi connectivity index (χ1) is 7.70. The van der Waals surface area contributed by atoms with Gasteiger partial charge in [0.1, 0.15) is 0 Å². The molecule has 0 amide bonds. The zero-order valence-corrected chi connectivity index (χ0v) is 11.4. The normalized spacial score (nSPS) is 28.8. The van der Waals surface area contributed by atoms with E-state index in [0.717, 1.165) is 17.0 Å². The number of benzene rings is 1. The average molecular weight is 306 g/mol. The van der Waals surface area contributed by atoms with Gasteiger partial charge in [0.05, 0.1) is 18.8 Å². The van der Waals surface area contributed by atoms with Gasteiger partial charge in [-0.05, 0) is 24.1 Å². The van der Waals surface area contributed by atoms with E-state index in [1.807, 2.05) is 24.3 Å². The van der Waals surface area contributed by atoms with Crippen LogP contribution in [0.1, 0.15) is 12.0 Å². The largest absolute Gasteiger partial charge is 0.378 e.